The van der Waals surface area contributed by atoms with Crippen molar-refractivity contribution in [2.45, 2.75) is 16.6 Å². The van der Waals surface area contributed by atoms with Gasteiger partial charge in [0.05, 0.1) is 26.4 Å². The number of hydrogen-bond acceptors (Lipinski definition) is 6. The number of halogens is 2. The van der Waals surface area contributed by atoms with E-state index in [9.17, 15) is 24.5 Å². The molecule has 0 radical (unpaired) electrons. The van der Waals surface area contributed by atoms with Crippen LogP contribution in [0, 0.1) is 10.1 Å². The number of nitrogens with one attached hydrogen (secondary N) is 1. The second kappa shape index (κ2) is 9.84. The van der Waals surface area contributed by atoms with E-state index >= 15 is 0 Å². The fourth-order valence-electron chi connectivity index (χ4n) is 3.34. The number of nitro benzene ring substituents is 1. The van der Waals surface area contributed by atoms with Crippen molar-refractivity contribution >= 4 is 69.7 Å². The molecule has 1 saturated heterocycles. The molecule has 0 aliphatic carbocycles. The molecule has 0 saturated carbocycles. The average Bonchev–Trinajstić information content (AvgIpc) is 3.07. The number of thioether (sulfide) groups is 1. The lowest BCUT2D eigenvalue weighted by Crippen LogP contribution is -2.31. The number of imide groups is 1. The van der Waals surface area contributed by atoms with Crippen LogP contribution in [0.5, 0.6) is 0 Å². The second-order valence-electron chi connectivity index (χ2n) is 7.25. The zero-order valence-electron chi connectivity index (χ0n) is 17.2. The van der Waals surface area contributed by atoms with Gasteiger partial charge in [-0.1, -0.05) is 23.2 Å². The van der Waals surface area contributed by atoms with Gasteiger partial charge in [0, 0.05) is 34.2 Å². The number of anilines is 2. The van der Waals surface area contributed by atoms with Crippen LogP contribution in [0.4, 0.5) is 17.1 Å². The van der Waals surface area contributed by atoms with Gasteiger partial charge in [-0.05, 0) is 54.6 Å². The minimum Gasteiger partial charge on any atom is -0.322 e. The van der Waals surface area contributed by atoms with Crippen LogP contribution in [-0.4, -0.2) is 27.9 Å². The number of amides is 3. The van der Waals surface area contributed by atoms with E-state index in [1.165, 1.54) is 48.2 Å². The van der Waals surface area contributed by atoms with Gasteiger partial charge >= 0.3 is 0 Å². The molecule has 1 unspecified atom stereocenters. The SMILES string of the molecule is O=C(Nc1ccc(SC2CC(=O)N(c3ccc([N+](=O)[O-])cc3)C2=O)cc1)c1ccc(Cl)cc1Cl. The minimum absolute atomic E-state index is 0.00798. The first kappa shape index (κ1) is 23.7. The summed E-state index contributed by atoms with van der Waals surface area (Å²) in [6, 6.07) is 16.7. The Morgan fingerprint density at radius 1 is 1.03 bits per heavy atom. The Labute approximate surface area is 208 Å². The first-order chi connectivity index (χ1) is 16.2. The lowest BCUT2D eigenvalue weighted by Gasteiger charge is -2.15. The summed E-state index contributed by atoms with van der Waals surface area (Å²) in [6.07, 6.45) is 0.00798. The Bertz CT molecular complexity index is 1300. The van der Waals surface area contributed by atoms with Crippen molar-refractivity contribution in [2.24, 2.45) is 0 Å². The summed E-state index contributed by atoms with van der Waals surface area (Å²) < 4.78 is 0. The van der Waals surface area contributed by atoms with Crippen LogP contribution < -0.4 is 10.2 Å². The van der Waals surface area contributed by atoms with Crippen LogP contribution in [0.15, 0.2) is 71.6 Å². The number of nitrogens with zero attached hydrogens (tertiary/aromatic N) is 2. The molecule has 1 fully saturated rings. The molecular formula is C23H15Cl2N3O5S. The van der Waals surface area contributed by atoms with E-state index in [-0.39, 0.29) is 28.6 Å². The normalized spacial score (nSPS) is 15.5. The Morgan fingerprint density at radius 2 is 1.71 bits per heavy atom. The van der Waals surface area contributed by atoms with Crippen molar-refractivity contribution in [1.82, 2.24) is 0 Å². The van der Waals surface area contributed by atoms with E-state index in [0.29, 0.717) is 16.4 Å². The van der Waals surface area contributed by atoms with Crippen molar-refractivity contribution < 1.29 is 19.3 Å². The van der Waals surface area contributed by atoms with Crippen LogP contribution in [0.25, 0.3) is 0 Å². The standard InChI is InChI=1S/C23H15Cl2N3O5S/c24-13-1-10-18(19(25)11-13)22(30)26-14-2-8-17(9-3-14)34-20-12-21(29)27(23(20)31)15-4-6-16(7-5-15)28(32)33/h1-11,20H,12H2,(H,26,30). The van der Waals surface area contributed by atoms with Gasteiger partial charge in [0.15, 0.2) is 0 Å². The number of benzene rings is 3. The zero-order valence-corrected chi connectivity index (χ0v) is 19.6. The Morgan fingerprint density at radius 3 is 2.32 bits per heavy atom. The topological polar surface area (TPSA) is 110 Å². The van der Waals surface area contributed by atoms with E-state index in [2.05, 4.69) is 5.32 Å². The van der Waals surface area contributed by atoms with E-state index in [4.69, 9.17) is 23.2 Å². The largest absolute Gasteiger partial charge is 0.322 e. The smallest absolute Gasteiger partial charge is 0.269 e. The zero-order chi connectivity index (χ0) is 24.4. The Balaban J connectivity index is 1.41. The monoisotopic (exact) mass is 515 g/mol. The summed E-state index contributed by atoms with van der Waals surface area (Å²) in [5, 5.41) is 13.6. The number of non-ortho nitro benzene ring substituents is 1. The molecule has 1 aliphatic rings. The number of rotatable bonds is 6. The maximum atomic E-state index is 12.8. The average molecular weight is 516 g/mol. The van der Waals surface area contributed by atoms with E-state index in [1.807, 2.05) is 0 Å². The highest BCUT2D eigenvalue weighted by Crippen LogP contribution is 2.35. The predicted octanol–water partition coefficient (Wildman–Crippen LogP) is 5.58. The van der Waals surface area contributed by atoms with Crippen molar-refractivity contribution in [3.8, 4) is 0 Å². The molecule has 34 heavy (non-hydrogen) atoms. The second-order valence-corrected chi connectivity index (χ2v) is 9.37. The van der Waals surface area contributed by atoms with Gasteiger partial charge in [-0.3, -0.25) is 24.5 Å². The maximum Gasteiger partial charge on any atom is 0.269 e. The number of carbonyl (C=O) groups excluding carboxylic acids is 3. The summed E-state index contributed by atoms with van der Waals surface area (Å²) >= 11 is 13.2. The molecule has 0 spiro atoms. The fraction of sp³-hybridized carbons (Fsp3) is 0.0870. The molecule has 0 bridgehead atoms. The van der Waals surface area contributed by atoms with Crippen LogP contribution in [0.2, 0.25) is 10.0 Å². The molecule has 172 valence electrons. The summed E-state index contributed by atoms with van der Waals surface area (Å²) in [6.45, 7) is 0. The lowest BCUT2D eigenvalue weighted by molar-refractivity contribution is -0.384. The third kappa shape index (κ3) is 5.06. The molecule has 4 rings (SSSR count). The van der Waals surface area contributed by atoms with Gasteiger partial charge in [-0.15, -0.1) is 11.8 Å². The quantitative estimate of drug-likeness (QED) is 0.260. The molecule has 1 heterocycles. The number of carbonyl (C=O) groups is 3. The third-order valence-corrected chi connectivity index (χ3v) is 6.74. The number of nitro groups is 1. The molecular weight excluding hydrogens is 501 g/mol. The van der Waals surface area contributed by atoms with Crippen LogP contribution in [-0.2, 0) is 9.59 Å². The Hall–Kier alpha value is -3.40. The van der Waals surface area contributed by atoms with Gasteiger partial charge in [0.2, 0.25) is 11.8 Å². The molecule has 0 aromatic heterocycles. The van der Waals surface area contributed by atoms with Gasteiger partial charge in [0.25, 0.3) is 11.6 Å². The van der Waals surface area contributed by atoms with Gasteiger partial charge in [-0.2, -0.15) is 0 Å². The third-order valence-electron chi connectivity index (χ3n) is 4.99. The summed E-state index contributed by atoms with van der Waals surface area (Å²) in [7, 11) is 0. The van der Waals surface area contributed by atoms with Crippen molar-refractivity contribution in [3.63, 3.8) is 0 Å². The summed E-state index contributed by atoms with van der Waals surface area (Å²) in [4.78, 5) is 49.8. The predicted molar refractivity (Wildman–Crippen MR) is 131 cm³/mol. The van der Waals surface area contributed by atoms with Crippen molar-refractivity contribution in [1.29, 1.82) is 0 Å². The van der Waals surface area contributed by atoms with E-state index in [0.717, 1.165) is 9.80 Å². The molecule has 11 heteroatoms. The molecule has 3 amide bonds. The molecule has 3 aromatic rings. The molecule has 1 atom stereocenters. The van der Waals surface area contributed by atoms with Gasteiger partial charge < -0.3 is 5.32 Å². The van der Waals surface area contributed by atoms with Crippen LogP contribution in [0.3, 0.4) is 0 Å². The summed E-state index contributed by atoms with van der Waals surface area (Å²) in [5.41, 5.74) is 0.981. The van der Waals surface area contributed by atoms with E-state index in [1.54, 1.807) is 30.3 Å². The fourth-order valence-corrected chi connectivity index (χ4v) is 4.89. The van der Waals surface area contributed by atoms with Gasteiger partial charge in [0.1, 0.15) is 0 Å². The van der Waals surface area contributed by atoms with Crippen molar-refractivity contribution in [2.75, 3.05) is 10.2 Å². The molecule has 1 N–H and O–H groups in total. The minimum atomic E-state index is -0.629. The maximum absolute atomic E-state index is 12.8. The molecule has 3 aromatic carbocycles. The molecule has 8 nitrogen and oxygen atoms in total. The summed E-state index contributed by atoms with van der Waals surface area (Å²) in [5.74, 6) is -1.16. The molecule has 1 aliphatic heterocycles. The number of hydrogen-bond donors (Lipinski definition) is 1. The highest BCUT2D eigenvalue weighted by Gasteiger charge is 2.40. The highest BCUT2D eigenvalue weighted by atomic mass is 35.5. The first-order valence-electron chi connectivity index (χ1n) is 9.87. The van der Waals surface area contributed by atoms with E-state index < -0.39 is 22.0 Å². The van der Waals surface area contributed by atoms with Crippen molar-refractivity contribution in [3.05, 3.63) is 92.5 Å². The van der Waals surface area contributed by atoms with Gasteiger partial charge in [-0.25, -0.2) is 4.90 Å². The lowest BCUT2D eigenvalue weighted by atomic mass is 10.2. The first-order valence-corrected chi connectivity index (χ1v) is 11.5. The Kier molecular flexibility index (Phi) is 6.87. The van der Waals surface area contributed by atoms with Crippen LogP contribution in [0.1, 0.15) is 16.8 Å². The highest BCUT2D eigenvalue weighted by molar-refractivity contribution is 8.00. The van der Waals surface area contributed by atoms with Crippen LogP contribution >= 0.6 is 35.0 Å².